The van der Waals surface area contributed by atoms with Gasteiger partial charge >= 0.3 is 0 Å². The fourth-order valence-electron chi connectivity index (χ4n) is 2.17. The molecule has 1 aliphatic rings. The minimum atomic E-state index is -0.777. The van der Waals surface area contributed by atoms with Gasteiger partial charge in [0.25, 0.3) is 0 Å². The smallest absolute Gasteiger partial charge is 0.165 e. The number of hydrogen-bond acceptors (Lipinski definition) is 2. The van der Waals surface area contributed by atoms with Crippen LogP contribution in [-0.4, -0.2) is 11.7 Å². The van der Waals surface area contributed by atoms with Crippen LogP contribution in [0, 0.1) is 11.6 Å². The van der Waals surface area contributed by atoms with Crippen LogP contribution in [-0.2, 0) is 5.54 Å². The van der Waals surface area contributed by atoms with Crippen LogP contribution < -0.4 is 5.32 Å². The lowest BCUT2D eigenvalue weighted by Crippen LogP contribution is -2.34. The van der Waals surface area contributed by atoms with Crippen LogP contribution in [0.5, 0.6) is 5.75 Å². The van der Waals surface area contributed by atoms with Crippen molar-refractivity contribution in [2.75, 3.05) is 6.54 Å². The highest BCUT2D eigenvalue weighted by Crippen LogP contribution is 2.38. The predicted octanol–water partition coefficient (Wildman–Crippen LogP) is 2.27. The molecule has 0 bridgehead atoms. The lowest BCUT2D eigenvalue weighted by atomic mass is 9.89. The Kier molecular flexibility index (Phi) is 2.38. The number of phenolic OH excluding ortho intramolecular Hbond substituents is 1. The second-order valence-corrected chi connectivity index (χ2v) is 4.12. The summed E-state index contributed by atoms with van der Waals surface area (Å²) in [5.74, 6) is -1.92. The Bertz CT molecular complexity index is 386. The zero-order valence-corrected chi connectivity index (χ0v) is 8.48. The summed E-state index contributed by atoms with van der Waals surface area (Å²) in [5.41, 5.74) is -0.615. The van der Waals surface area contributed by atoms with Crippen molar-refractivity contribution in [3.05, 3.63) is 29.3 Å². The van der Waals surface area contributed by atoms with Crippen molar-refractivity contribution in [1.29, 1.82) is 0 Å². The van der Waals surface area contributed by atoms with Crippen molar-refractivity contribution >= 4 is 0 Å². The molecule has 1 unspecified atom stereocenters. The number of hydrogen-bond donors (Lipinski definition) is 2. The van der Waals surface area contributed by atoms with Crippen LogP contribution in [0.1, 0.15) is 25.3 Å². The Morgan fingerprint density at radius 2 is 2.00 bits per heavy atom. The monoisotopic (exact) mass is 213 g/mol. The van der Waals surface area contributed by atoms with Gasteiger partial charge < -0.3 is 10.4 Å². The molecule has 4 heteroatoms. The Labute approximate surface area is 86.9 Å². The maximum Gasteiger partial charge on any atom is 0.165 e. The summed E-state index contributed by atoms with van der Waals surface area (Å²) in [6.07, 6.45) is 1.59. The second-order valence-electron chi connectivity index (χ2n) is 4.12. The average Bonchev–Trinajstić information content (AvgIpc) is 2.60. The average molecular weight is 213 g/mol. The number of phenols is 1. The quantitative estimate of drug-likeness (QED) is 0.750. The van der Waals surface area contributed by atoms with E-state index >= 15 is 0 Å². The molecule has 1 atom stereocenters. The molecule has 1 heterocycles. The van der Waals surface area contributed by atoms with Crippen molar-refractivity contribution in [3.8, 4) is 5.75 Å². The maximum absolute atomic E-state index is 13.6. The first-order valence-corrected chi connectivity index (χ1v) is 4.97. The molecular weight excluding hydrogens is 200 g/mol. The SMILES string of the molecule is CC1(c2c(F)ccc(F)c2O)CCCN1. The summed E-state index contributed by atoms with van der Waals surface area (Å²) in [6, 6.07) is 1.99. The fraction of sp³-hybridized carbons (Fsp3) is 0.455. The van der Waals surface area contributed by atoms with Gasteiger partial charge in [-0.05, 0) is 38.4 Å². The van der Waals surface area contributed by atoms with Gasteiger partial charge in [-0.3, -0.25) is 0 Å². The summed E-state index contributed by atoms with van der Waals surface area (Å²) < 4.78 is 26.7. The maximum atomic E-state index is 13.6. The van der Waals surface area contributed by atoms with E-state index in [1.54, 1.807) is 6.92 Å². The first kappa shape index (κ1) is 10.4. The molecule has 15 heavy (non-hydrogen) atoms. The number of rotatable bonds is 1. The minimum absolute atomic E-state index is 0.0417. The largest absolute Gasteiger partial charge is 0.505 e. The lowest BCUT2D eigenvalue weighted by molar-refractivity contribution is 0.358. The van der Waals surface area contributed by atoms with Crippen molar-refractivity contribution in [1.82, 2.24) is 5.32 Å². The third kappa shape index (κ3) is 1.59. The van der Waals surface area contributed by atoms with Gasteiger partial charge in [0, 0.05) is 5.54 Å². The third-order valence-corrected chi connectivity index (χ3v) is 3.00. The van der Waals surface area contributed by atoms with Gasteiger partial charge in [0.15, 0.2) is 11.6 Å². The van der Waals surface area contributed by atoms with Gasteiger partial charge in [-0.2, -0.15) is 0 Å². The molecule has 0 amide bonds. The van der Waals surface area contributed by atoms with Gasteiger partial charge in [-0.1, -0.05) is 0 Å². The molecule has 0 saturated carbocycles. The molecule has 1 aliphatic heterocycles. The molecule has 0 spiro atoms. The Balaban J connectivity index is 2.55. The van der Waals surface area contributed by atoms with Gasteiger partial charge in [-0.15, -0.1) is 0 Å². The van der Waals surface area contributed by atoms with E-state index in [2.05, 4.69) is 5.32 Å². The number of aromatic hydroxyl groups is 1. The van der Waals surface area contributed by atoms with Crippen LogP contribution in [0.4, 0.5) is 8.78 Å². The van der Waals surface area contributed by atoms with Gasteiger partial charge in [0.05, 0.1) is 5.56 Å². The highest BCUT2D eigenvalue weighted by Gasteiger charge is 2.35. The van der Waals surface area contributed by atoms with E-state index < -0.39 is 22.9 Å². The zero-order chi connectivity index (χ0) is 11.1. The van der Waals surface area contributed by atoms with E-state index in [4.69, 9.17) is 0 Å². The molecular formula is C11H13F2NO. The summed E-state index contributed by atoms with van der Waals surface area (Å²) in [4.78, 5) is 0. The van der Waals surface area contributed by atoms with Gasteiger partial charge in [0.1, 0.15) is 5.82 Å². The van der Waals surface area contributed by atoms with E-state index in [0.717, 1.165) is 25.1 Å². The molecule has 1 fully saturated rings. The second kappa shape index (κ2) is 3.45. The standard InChI is InChI=1S/C11H13F2NO/c1-11(5-2-6-14-11)9-7(12)3-4-8(13)10(9)15/h3-4,14-15H,2,5-6H2,1H3. The topological polar surface area (TPSA) is 32.3 Å². The summed E-state index contributed by atoms with van der Waals surface area (Å²) in [6.45, 7) is 2.53. The fourth-order valence-corrected chi connectivity index (χ4v) is 2.17. The van der Waals surface area contributed by atoms with Crippen LogP contribution >= 0.6 is 0 Å². The molecule has 82 valence electrons. The molecule has 0 aliphatic carbocycles. The Morgan fingerprint density at radius 1 is 1.33 bits per heavy atom. The first-order chi connectivity index (χ1) is 7.04. The van der Waals surface area contributed by atoms with E-state index in [0.29, 0.717) is 6.42 Å². The van der Waals surface area contributed by atoms with E-state index in [1.807, 2.05) is 0 Å². The molecule has 2 rings (SSSR count). The minimum Gasteiger partial charge on any atom is -0.505 e. The summed E-state index contributed by atoms with van der Waals surface area (Å²) >= 11 is 0. The van der Waals surface area contributed by atoms with E-state index in [1.165, 1.54) is 0 Å². The van der Waals surface area contributed by atoms with Crippen molar-refractivity contribution in [2.45, 2.75) is 25.3 Å². The molecule has 1 aromatic rings. The molecule has 0 radical (unpaired) electrons. The van der Waals surface area contributed by atoms with Crippen LogP contribution in [0.25, 0.3) is 0 Å². The van der Waals surface area contributed by atoms with Crippen molar-refractivity contribution in [2.24, 2.45) is 0 Å². The first-order valence-electron chi connectivity index (χ1n) is 4.97. The Morgan fingerprint density at radius 3 is 2.60 bits per heavy atom. The van der Waals surface area contributed by atoms with Gasteiger partial charge in [0.2, 0.25) is 0 Å². The number of halogens is 2. The van der Waals surface area contributed by atoms with Crippen LogP contribution in [0.3, 0.4) is 0 Å². The Hall–Kier alpha value is -1.16. The highest BCUT2D eigenvalue weighted by atomic mass is 19.1. The number of nitrogens with one attached hydrogen (secondary N) is 1. The van der Waals surface area contributed by atoms with E-state index in [9.17, 15) is 13.9 Å². The molecule has 1 aromatic carbocycles. The lowest BCUT2D eigenvalue weighted by Gasteiger charge is -2.26. The number of benzene rings is 1. The van der Waals surface area contributed by atoms with Crippen molar-refractivity contribution in [3.63, 3.8) is 0 Å². The predicted molar refractivity (Wildman–Crippen MR) is 52.6 cm³/mol. The molecule has 1 saturated heterocycles. The van der Waals surface area contributed by atoms with Gasteiger partial charge in [-0.25, -0.2) is 8.78 Å². The van der Waals surface area contributed by atoms with E-state index in [-0.39, 0.29) is 5.56 Å². The third-order valence-electron chi connectivity index (χ3n) is 3.00. The molecule has 2 nitrogen and oxygen atoms in total. The zero-order valence-electron chi connectivity index (χ0n) is 8.48. The molecule has 2 N–H and O–H groups in total. The summed E-state index contributed by atoms with van der Waals surface area (Å²) in [7, 11) is 0. The van der Waals surface area contributed by atoms with Crippen LogP contribution in [0.2, 0.25) is 0 Å². The highest BCUT2D eigenvalue weighted by molar-refractivity contribution is 5.40. The van der Waals surface area contributed by atoms with Crippen LogP contribution in [0.15, 0.2) is 12.1 Å². The normalized spacial score (nSPS) is 25.8. The molecule has 0 aromatic heterocycles. The summed E-state index contributed by atoms with van der Waals surface area (Å²) in [5, 5.41) is 12.6. The van der Waals surface area contributed by atoms with Crippen molar-refractivity contribution < 1.29 is 13.9 Å².